The van der Waals surface area contributed by atoms with E-state index in [4.69, 9.17) is 5.11 Å². The summed E-state index contributed by atoms with van der Waals surface area (Å²) < 4.78 is 0. The molecule has 6 heteroatoms. The van der Waals surface area contributed by atoms with Gasteiger partial charge in [-0.05, 0) is 18.2 Å². The Hall–Kier alpha value is -2.37. The van der Waals surface area contributed by atoms with Crippen LogP contribution in [0.1, 0.15) is 27.1 Å². The van der Waals surface area contributed by atoms with E-state index in [2.05, 4.69) is 5.32 Å². The van der Waals surface area contributed by atoms with Gasteiger partial charge in [0.2, 0.25) is 5.91 Å². The van der Waals surface area contributed by atoms with E-state index in [0.29, 0.717) is 25.2 Å². The summed E-state index contributed by atoms with van der Waals surface area (Å²) in [5, 5.41) is 11.6. The topological polar surface area (TPSA) is 86.7 Å². The van der Waals surface area contributed by atoms with Gasteiger partial charge in [-0.2, -0.15) is 0 Å². The van der Waals surface area contributed by atoms with Crippen LogP contribution in [0.15, 0.2) is 24.3 Å². The van der Waals surface area contributed by atoms with Crippen LogP contribution in [0.25, 0.3) is 0 Å². The first-order chi connectivity index (χ1) is 9.08. The molecule has 0 aliphatic carbocycles. The molecule has 0 aromatic heterocycles. The molecule has 2 rings (SSSR count). The number of aromatic carboxylic acids is 1. The number of carboxylic acid groups (broad SMARTS) is 1. The Morgan fingerprint density at radius 3 is 2.68 bits per heavy atom. The van der Waals surface area contributed by atoms with Crippen LogP contribution in [-0.2, 0) is 4.79 Å². The number of carbonyl (C=O) groups excluding carboxylic acids is 2. The number of hydrogen-bond acceptors (Lipinski definition) is 3. The fourth-order valence-corrected chi connectivity index (χ4v) is 1.94. The van der Waals surface area contributed by atoms with Crippen molar-refractivity contribution in [2.45, 2.75) is 6.42 Å². The maximum atomic E-state index is 12.2. The summed E-state index contributed by atoms with van der Waals surface area (Å²) in [5.41, 5.74) is 0.407. The molecule has 100 valence electrons. The predicted octanol–water partition coefficient (Wildman–Crippen LogP) is 0.347. The lowest BCUT2D eigenvalue weighted by Gasteiger charge is -2.19. The van der Waals surface area contributed by atoms with Crippen molar-refractivity contribution in [2.24, 2.45) is 0 Å². The SMILES string of the molecule is O=C1CCN(C(=O)c2cccc(C(=O)O)c2)CCN1. The number of benzene rings is 1. The van der Waals surface area contributed by atoms with Gasteiger partial charge in [0.15, 0.2) is 0 Å². The highest BCUT2D eigenvalue weighted by Gasteiger charge is 2.20. The molecule has 2 amide bonds. The number of hydrogen-bond donors (Lipinski definition) is 2. The first-order valence-corrected chi connectivity index (χ1v) is 5.97. The number of carbonyl (C=O) groups is 3. The third kappa shape index (κ3) is 3.09. The first-order valence-electron chi connectivity index (χ1n) is 5.97. The van der Waals surface area contributed by atoms with Crippen molar-refractivity contribution >= 4 is 17.8 Å². The van der Waals surface area contributed by atoms with Gasteiger partial charge < -0.3 is 15.3 Å². The van der Waals surface area contributed by atoms with E-state index in [9.17, 15) is 14.4 Å². The summed E-state index contributed by atoms with van der Waals surface area (Å²) >= 11 is 0. The van der Waals surface area contributed by atoms with Gasteiger partial charge in [0.25, 0.3) is 5.91 Å². The minimum absolute atomic E-state index is 0.0745. The Morgan fingerprint density at radius 2 is 1.95 bits per heavy atom. The quantitative estimate of drug-likeness (QED) is 0.805. The number of nitrogens with one attached hydrogen (secondary N) is 1. The van der Waals surface area contributed by atoms with E-state index in [0.717, 1.165) is 0 Å². The average molecular weight is 262 g/mol. The zero-order valence-corrected chi connectivity index (χ0v) is 10.3. The summed E-state index contributed by atoms with van der Waals surface area (Å²) in [6.45, 7) is 1.20. The van der Waals surface area contributed by atoms with Crippen molar-refractivity contribution in [1.29, 1.82) is 0 Å². The minimum Gasteiger partial charge on any atom is -0.478 e. The molecule has 0 radical (unpaired) electrons. The molecule has 0 bridgehead atoms. The van der Waals surface area contributed by atoms with Crippen LogP contribution in [0.3, 0.4) is 0 Å². The molecule has 0 atom stereocenters. The van der Waals surface area contributed by atoms with E-state index in [1.54, 1.807) is 11.0 Å². The Labute approximate surface area is 110 Å². The van der Waals surface area contributed by atoms with Gasteiger partial charge in [-0.25, -0.2) is 4.79 Å². The van der Waals surface area contributed by atoms with Gasteiger partial charge in [-0.3, -0.25) is 9.59 Å². The number of nitrogens with zero attached hydrogens (tertiary/aromatic N) is 1. The van der Waals surface area contributed by atoms with Crippen molar-refractivity contribution in [1.82, 2.24) is 10.2 Å². The number of amides is 2. The molecule has 1 saturated heterocycles. The second-order valence-electron chi connectivity index (χ2n) is 4.28. The largest absolute Gasteiger partial charge is 0.478 e. The van der Waals surface area contributed by atoms with E-state index in [1.807, 2.05) is 0 Å². The second-order valence-corrected chi connectivity index (χ2v) is 4.28. The van der Waals surface area contributed by atoms with Crippen LogP contribution in [0.4, 0.5) is 0 Å². The fraction of sp³-hybridized carbons (Fsp3) is 0.308. The van der Waals surface area contributed by atoms with Crippen LogP contribution in [-0.4, -0.2) is 47.4 Å². The molecule has 0 saturated carbocycles. The zero-order chi connectivity index (χ0) is 13.8. The smallest absolute Gasteiger partial charge is 0.335 e. The highest BCUT2D eigenvalue weighted by Crippen LogP contribution is 2.10. The normalized spacial score (nSPS) is 15.6. The highest BCUT2D eigenvalue weighted by atomic mass is 16.4. The monoisotopic (exact) mass is 262 g/mol. The summed E-state index contributed by atoms with van der Waals surface area (Å²) in [4.78, 5) is 35.9. The molecule has 1 aliphatic heterocycles. The molecular formula is C13H14N2O4. The molecule has 1 aromatic rings. The molecule has 1 fully saturated rings. The Morgan fingerprint density at radius 1 is 1.21 bits per heavy atom. The molecule has 2 N–H and O–H groups in total. The van der Waals surface area contributed by atoms with E-state index < -0.39 is 5.97 Å². The lowest BCUT2D eigenvalue weighted by Crippen LogP contribution is -2.34. The van der Waals surface area contributed by atoms with Crippen LogP contribution in [0.2, 0.25) is 0 Å². The standard InChI is InChI=1S/C13H14N2O4/c16-11-4-6-15(7-5-14-11)12(17)9-2-1-3-10(8-9)13(18)19/h1-3,8H,4-7H2,(H,14,16)(H,18,19). The lowest BCUT2D eigenvalue weighted by atomic mass is 10.1. The van der Waals surface area contributed by atoms with Gasteiger partial charge in [0.1, 0.15) is 0 Å². The fourth-order valence-electron chi connectivity index (χ4n) is 1.94. The van der Waals surface area contributed by atoms with Gasteiger partial charge in [0.05, 0.1) is 5.56 Å². The first kappa shape index (κ1) is 13.1. The van der Waals surface area contributed by atoms with Gasteiger partial charge in [-0.1, -0.05) is 6.07 Å². The number of rotatable bonds is 2. The summed E-state index contributed by atoms with van der Waals surface area (Å²) in [6.07, 6.45) is 0.268. The molecule has 1 aromatic carbocycles. The van der Waals surface area contributed by atoms with Gasteiger partial charge >= 0.3 is 5.97 Å². The van der Waals surface area contributed by atoms with Crippen molar-refractivity contribution in [3.05, 3.63) is 35.4 Å². The molecule has 1 aliphatic rings. The Balaban J connectivity index is 2.16. The van der Waals surface area contributed by atoms with Crippen molar-refractivity contribution < 1.29 is 19.5 Å². The predicted molar refractivity (Wildman–Crippen MR) is 66.9 cm³/mol. The third-order valence-corrected chi connectivity index (χ3v) is 2.96. The maximum absolute atomic E-state index is 12.2. The van der Waals surface area contributed by atoms with Crippen molar-refractivity contribution in [3.8, 4) is 0 Å². The average Bonchev–Trinajstić information content (AvgIpc) is 2.63. The van der Waals surface area contributed by atoms with Crippen LogP contribution in [0.5, 0.6) is 0 Å². The van der Waals surface area contributed by atoms with Crippen LogP contribution >= 0.6 is 0 Å². The lowest BCUT2D eigenvalue weighted by molar-refractivity contribution is -0.120. The van der Waals surface area contributed by atoms with Crippen molar-refractivity contribution in [3.63, 3.8) is 0 Å². The Bertz CT molecular complexity index is 527. The molecule has 6 nitrogen and oxygen atoms in total. The van der Waals surface area contributed by atoms with E-state index in [1.165, 1.54) is 18.2 Å². The third-order valence-electron chi connectivity index (χ3n) is 2.96. The highest BCUT2D eigenvalue weighted by molar-refractivity contribution is 5.97. The molecule has 19 heavy (non-hydrogen) atoms. The maximum Gasteiger partial charge on any atom is 0.335 e. The Kier molecular flexibility index (Phi) is 3.79. The molecular weight excluding hydrogens is 248 g/mol. The van der Waals surface area contributed by atoms with Gasteiger partial charge in [-0.15, -0.1) is 0 Å². The molecule has 0 unspecified atom stereocenters. The molecule has 1 heterocycles. The number of carboxylic acids is 1. The summed E-state index contributed by atoms with van der Waals surface area (Å²) in [6, 6.07) is 5.91. The zero-order valence-electron chi connectivity index (χ0n) is 10.3. The van der Waals surface area contributed by atoms with Crippen LogP contribution in [0, 0.1) is 0 Å². The molecule has 0 spiro atoms. The van der Waals surface area contributed by atoms with E-state index >= 15 is 0 Å². The minimum atomic E-state index is -1.07. The summed E-state index contributed by atoms with van der Waals surface area (Å²) in [5.74, 6) is -1.39. The summed E-state index contributed by atoms with van der Waals surface area (Å²) in [7, 11) is 0. The van der Waals surface area contributed by atoms with Crippen LogP contribution < -0.4 is 5.32 Å². The second kappa shape index (κ2) is 5.51. The van der Waals surface area contributed by atoms with Crippen molar-refractivity contribution in [2.75, 3.05) is 19.6 Å². The van der Waals surface area contributed by atoms with Gasteiger partial charge in [0, 0.05) is 31.6 Å². The van der Waals surface area contributed by atoms with E-state index in [-0.39, 0.29) is 23.8 Å².